The number of hydrogen-bond donors (Lipinski definition) is 2. The van der Waals surface area contributed by atoms with Gasteiger partial charge in [0.15, 0.2) is 0 Å². The van der Waals surface area contributed by atoms with E-state index in [-0.39, 0.29) is 0 Å². The molecule has 0 saturated carbocycles. The van der Waals surface area contributed by atoms with E-state index in [0.717, 1.165) is 25.7 Å². The van der Waals surface area contributed by atoms with Crippen molar-refractivity contribution in [2.75, 3.05) is 6.61 Å². The highest BCUT2D eigenvalue weighted by molar-refractivity contribution is 6.76. The van der Waals surface area contributed by atoms with Gasteiger partial charge in [-0.25, -0.2) is 4.79 Å². The first-order valence-electron chi connectivity index (χ1n) is 8.38. The second-order valence-corrected chi connectivity index (χ2v) is 13.0. The van der Waals surface area contributed by atoms with Crippen LogP contribution >= 0.6 is 0 Å². The van der Waals surface area contributed by atoms with E-state index in [1.165, 1.54) is 0 Å². The fraction of sp³-hybridized carbons (Fsp3) is 0.875. The van der Waals surface area contributed by atoms with E-state index in [2.05, 4.69) is 25.0 Å². The largest absolute Gasteiger partial charge is 0.464 e. The summed E-state index contributed by atoms with van der Waals surface area (Å²) in [5, 5.41) is 13.6. The monoisotopic (exact) mass is 329 g/mol. The topological polar surface area (TPSA) is 75.6 Å². The van der Waals surface area contributed by atoms with Gasteiger partial charge < -0.3 is 15.2 Å². The first-order chi connectivity index (χ1) is 10.2. The first-order valence-corrected chi connectivity index (χ1v) is 12.1. The van der Waals surface area contributed by atoms with Gasteiger partial charge >= 0.3 is 5.97 Å². The molecule has 2 N–H and O–H groups in total. The van der Waals surface area contributed by atoms with Crippen molar-refractivity contribution in [3.05, 3.63) is 0 Å². The maximum Gasteiger partial charge on any atom is 0.328 e. The van der Waals surface area contributed by atoms with Gasteiger partial charge in [-0.1, -0.05) is 45.3 Å². The zero-order chi connectivity index (χ0) is 16.8. The van der Waals surface area contributed by atoms with Crippen LogP contribution in [-0.2, 0) is 14.3 Å². The standard InChI is InChI=1S/C16H31NO4Si/c1-5-21-14(18)13-10-8-6-7-9-11-16(20,15(19)17-13)12-22(2,3)4/h13,20H,5-12H2,1-4H3,(H,17,19). The summed E-state index contributed by atoms with van der Waals surface area (Å²) in [4.78, 5) is 24.6. The molecule has 0 aromatic carbocycles. The summed E-state index contributed by atoms with van der Waals surface area (Å²) in [5.74, 6) is -0.804. The van der Waals surface area contributed by atoms with Gasteiger partial charge in [0.2, 0.25) is 0 Å². The number of ether oxygens (including phenoxy) is 1. The molecule has 0 aromatic heterocycles. The third-order valence-corrected chi connectivity index (χ3v) is 5.60. The van der Waals surface area contributed by atoms with Crippen molar-refractivity contribution in [2.24, 2.45) is 0 Å². The zero-order valence-corrected chi connectivity index (χ0v) is 15.4. The quantitative estimate of drug-likeness (QED) is 0.613. The maximum atomic E-state index is 12.6. The van der Waals surface area contributed by atoms with Crippen molar-refractivity contribution >= 4 is 20.0 Å². The molecule has 1 rings (SSSR count). The van der Waals surface area contributed by atoms with Gasteiger partial charge in [0.05, 0.1) is 6.61 Å². The van der Waals surface area contributed by atoms with E-state index in [9.17, 15) is 14.7 Å². The van der Waals surface area contributed by atoms with Crippen molar-refractivity contribution in [1.29, 1.82) is 0 Å². The molecule has 1 aliphatic heterocycles. The minimum Gasteiger partial charge on any atom is -0.464 e. The van der Waals surface area contributed by atoms with Crippen molar-refractivity contribution in [3.8, 4) is 0 Å². The number of esters is 1. The first kappa shape index (κ1) is 19.2. The number of rotatable bonds is 4. The van der Waals surface area contributed by atoms with Crippen LogP contribution in [0.15, 0.2) is 0 Å². The highest BCUT2D eigenvalue weighted by Crippen LogP contribution is 2.28. The average Bonchev–Trinajstić information content (AvgIpc) is 2.38. The number of carbonyl (C=O) groups excluding carboxylic acids is 2. The number of nitrogens with one attached hydrogen (secondary N) is 1. The molecule has 128 valence electrons. The highest BCUT2D eigenvalue weighted by atomic mass is 28.3. The molecule has 0 bridgehead atoms. The van der Waals surface area contributed by atoms with Gasteiger partial charge in [-0.3, -0.25) is 4.79 Å². The lowest BCUT2D eigenvalue weighted by atomic mass is 9.93. The Hall–Kier alpha value is -0.883. The average molecular weight is 330 g/mol. The van der Waals surface area contributed by atoms with E-state index >= 15 is 0 Å². The Morgan fingerprint density at radius 3 is 2.55 bits per heavy atom. The SMILES string of the molecule is CCOC(=O)C1CCCCCCC(O)(C[Si](C)(C)C)C(=O)N1. The molecule has 0 spiro atoms. The van der Waals surface area contributed by atoms with Crippen LogP contribution in [0.3, 0.4) is 0 Å². The molecule has 22 heavy (non-hydrogen) atoms. The number of amides is 1. The van der Waals surface area contributed by atoms with Crippen LogP contribution in [0.25, 0.3) is 0 Å². The van der Waals surface area contributed by atoms with Crippen molar-refractivity contribution in [3.63, 3.8) is 0 Å². The molecular weight excluding hydrogens is 298 g/mol. The fourth-order valence-electron chi connectivity index (χ4n) is 3.06. The molecular formula is C16H31NO4Si. The lowest BCUT2D eigenvalue weighted by Crippen LogP contribution is -2.55. The lowest BCUT2D eigenvalue weighted by molar-refractivity contribution is -0.151. The molecule has 1 saturated heterocycles. The summed E-state index contributed by atoms with van der Waals surface area (Å²) in [5.41, 5.74) is -1.35. The summed E-state index contributed by atoms with van der Waals surface area (Å²) in [6.07, 6.45) is 4.77. The Morgan fingerprint density at radius 2 is 1.95 bits per heavy atom. The van der Waals surface area contributed by atoms with Crippen LogP contribution in [0.1, 0.15) is 45.4 Å². The van der Waals surface area contributed by atoms with Gasteiger partial charge in [0.25, 0.3) is 5.91 Å². The van der Waals surface area contributed by atoms with Crippen LogP contribution in [0.2, 0.25) is 25.7 Å². The van der Waals surface area contributed by atoms with Crippen molar-refractivity contribution < 1.29 is 19.4 Å². The van der Waals surface area contributed by atoms with Gasteiger partial charge in [0, 0.05) is 8.07 Å². The highest BCUT2D eigenvalue weighted by Gasteiger charge is 2.41. The molecule has 6 heteroatoms. The van der Waals surface area contributed by atoms with Gasteiger partial charge in [0.1, 0.15) is 11.6 Å². The molecule has 1 heterocycles. The molecule has 1 aliphatic rings. The van der Waals surface area contributed by atoms with Crippen LogP contribution in [0, 0.1) is 0 Å². The summed E-state index contributed by atoms with van der Waals surface area (Å²) in [7, 11) is -1.62. The van der Waals surface area contributed by atoms with Gasteiger partial charge in [-0.2, -0.15) is 0 Å². The zero-order valence-electron chi connectivity index (χ0n) is 14.4. The molecule has 1 fully saturated rings. The van der Waals surface area contributed by atoms with E-state index in [0.29, 0.717) is 25.5 Å². The van der Waals surface area contributed by atoms with Crippen LogP contribution < -0.4 is 5.32 Å². The summed E-state index contributed by atoms with van der Waals surface area (Å²) in [6, 6.07) is -0.125. The predicted octanol–water partition coefficient (Wildman–Crippen LogP) is 2.46. The van der Waals surface area contributed by atoms with Crippen LogP contribution in [0.4, 0.5) is 0 Å². The maximum absolute atomic E-state index is 12.6. The van der Waals surface area contributed by atoms with E-state index in [4.69, 9.17) is 4.74 Å². The molecule has 0 aromatic rings. The van der Waals surface area contributed by atoms with E-state index in [1.54, 1.807) is 6.92 Å². The van der Waals surface area contributed by atoms with Gasteiger partial charge in [-0.15, -0.1) is 0 Å². The second-order valence-electron chi connectivity index (χ2n) is 7.50. The van der Waals surface area contributed by atoms with E-state index in [1.807, 2.05) is 0 Å². The van der Waals surface area contributed by atoms with E-state index < -0.39 is 31.6 Å². The smallest absolute Gasteiger partial charge is 0.328 e. The molecule has 1 amide bonds. The third-order valence-electron chi connectivity index (χ3n) is 3.96. The summed E-state index contributed by atoms with van der Waals surface area (Å²) >= 11 is 0. The number of carbonyl (C=O) groups is 2. The Balaban J connectivity index is 2.90. The minimum absolute atomic E-state index is 0.296. The van der Waals surface area contributed by atoms with Crippen LogP contribution in [0.5, 0.6) is 0 Å². The minimum atomic E-state index is -1.62. The lowest BCUT2D eigenvalue weighted by Gasteiger charge is -2.34. The number of aliphatic hydroxyl groups is 1. The van der Waals surface area contributed by atoms with Crippen molar-refractivity contribution in [1.82, 2.24) is 5.32 Å². The predicted molar refractivity (Wildman–Crippen MR) is 89.4 cm³/mol. The van der Waals surface area contributed by atoms with Gasteiger partial charge in [-0.05, 0) is 25.8 Å². The summed E-state index contributed by atoms with van der Waals surface area (Å²) < 4.78 is 5.04. The third kappa shape index (κ3) is 6.08. The van der Waals surface area contributed by atoms with Crippen molar-refractivity contribution in [2.45, 2.75) is 82.8 Å². The molecule has 0 aliphatic carbocycles. The molecule has 2 atom stereocenters. The van der Waals surface area contributed by atoms with Crippen LogP contribution in [-0.4, -0.2) is 43.3 Å². The Bertz CT molecular complexity index is 394. The summed E-state index contributed by atoms with van der Waals surface area (Å²) in [6.45, 7) is 8.46. The molecule has 0 radical (unpaired) electrons. The number of hydrogen-bond acceptors (Lipinski definition) is 4. The molecule has 2 unspecified atom stereocenters. The molecule has 5 nitrogen and oxygen atoms in total. The Labute approximate surface area is 134 Å². The Kier molecular flexibility index (Phi) is 7.06. The second kappa shape index (κ2) is 8.11. The normalized spacial score (nSPS) is 27.9. The fourth-order valence-corrected chi connectivity index (χ4v) is 5.16. The Morgan fingerprint density at radius 1 is 1.32 bits per heavy atom.